The summed E-state index contributed by atoms with van der Waals surface area (Å²) in [5, 5.41) is 1.84. The highest BCUT2D eigenvalue weighted by atomic mass is 31.2. The van der Waals surface area contributed by atoms with Crippen molar-refractivity contribution in [1.82, 2.24) is 0 Å². The summed E-state index contributed by atoms with van der Waals surface area (Å²) in [6, 6.07) is 0. The molecule has 0 aliphatic rings. The molecule has 0 aromatic heterocycles. The Balaban J connectivity index is 3.61. The third-order valence-electron chi connectivity index (χ3n) is 1.22. The lowest BCUT2D eigenvalue weighted by Gasteiger charge is -2.22. The zero-order valence-corrected chi connectivity index (χ0v) is 9.25. The van der Waals surface area contributed by atoms with Gasteiger partial charge in [-0.15, -0.1) is 0 Å². The lowest BCUT2D eigenvalue weighted by atomic mass is 10.2. The molecule has 80 valence electrons. The number of hydrogen-bond donors (Lipinski definition) is 1. The molecular formula is C7H18NO4P. The molecule has 2 N–H and O–H groups in total. The van der Waals surface area contributed by atoms with E-state index in [1.54, 1.807) is 0 Å². The summed E-state index contributed by atoms with van der Waals surface area (Å²) in [7, 11) is -2.20. The second-order valence-corrected chi connectivity index (χ2v) is 4.58. The van der Waals surface area contributed by atoms with Gasteiger partial charge in [-0.1, -0.05) is 13.8 Å². The van der Waals surface area contributed by atoms with E-state index >= 15 is 0 Å². The van der Waals surface area contributed by atoms with Crippen LogP contribution in [0.2, 0.25) is 0 Å². The number of likely N-dealkylation sites (N-methyl/N-ethyl adjacent to an activating group) is 1. The Morgan fingerprint density at radius 2 is 2.08 bits per heavy atom. The van der Waals surface area contributed by atoms with Crippen molar-refractivity contribution in [3.05, 3.63) is 0 Å². The van der Waals surface area contributed by atoms with Crippen LogP contribution in [0.1, 0.15) is 13.8 Å². The summed E-state index contributed by atoms with van der Waals surface area (Å²) in [6.07, 6.45) is 0. The Kier molecular flexibility index (Phi) is 6.55. The van der Waals surface area contributed by atoms with E-state index in [1.807, 2.05) is 26.2 Å². The molecule has 13 heavy (non-hydrogen) atoms. The number of phosphoric ester groups is 1. The third-order valence-corrected chi connectivity index (χ3v) is 2.19. The van der Waals surface area contributed by atoms with E-state index in [2.05, 4.69) is 9.05 Å². The fourth-order valence-corrected chi connectivity index (χ4v) is 1.44. The van der Waals surface area contributed by atoms with Gasteiger partial charge in [-0.3, -0.25) is 4.57 Å². The molecule has 1 atom stereocenters. The summed E-state index contributed by atoms with van der Waals surface area (Å²) < 4.78 is 20.1. The van der Waals surface area contributed by atoms with Crippen LogP contribution in [0.5, 0.6) is 0 Å². The Morgan fingerprint density at radius 3 is 2.54 bits per heavy atom. The molecule has 0 radical (unpaired) electrons. The first kappa shape index (κ1) is 13.1. The molecule has 0 aliphatic heterocycles. The Hall–Kier alpha value is 0.0700. The van der Waals surface area contributed by atoms with Crippen LogP contribution in [0.25, 0.3) is 0 Å². The van der Waals surface area contributed by atoms with Gasteiger partial charge in [-0.25, -0.2) is 0 Å². The van der Waals surface area contributed by atoms with E-state index in [1.165, 1.54) is 0 Å². The monoisotopic (exact) mass is 211 g/mol. The van der Waals surface area contributed by atoms with E-state index in [4.69, 9.17) is 0 Å². The maximum absolute atomic E-state index is 11.0. The SMILES string of the molecule is C[NH2+]CCOP(=O)([O-])OCC(C)C. The number of hydrogen-bond acceptors (Lipinski definition) is 4. The van der Waals surface area contributed by atoms with Crippen LogP contribution in [-0.2, 0) is 13.6 Å². The molecule has 0 saturated carbocycles. The first-order valence-electron chi connectivity index (χ1n) is 4.36. The first-order chi connectivity index (χ1) is 5.98. The molecule has 0 aromatic rings. The highest BCUT2D eigenvalue weighted by Crippen LogP contribution is 2.38. The van der Waals surface area contributed by atoms with Crippen molar-refractivity contribution < 1.29 is 23.8 Å². The normalized spacial score (nSPS) is 16.1. The molecule has 6 heteroatoms. The van der Waals surface area contributed by atoms with E-state index in [0.29, 0.717) is 6.54 Å². The van der Waals surface area contributed by atoms with Crippen LogP contribution >= 0.6 is 7.82 Å². The lowest BCUT2D eigenvalue weighted by Crippen LogP contribution is -2.80. The quantitative estimate of drug-likeness (QED) is 0.448. The Labute approximate surface area is 79.0 Å². The fraction of sp³-hybridized carbons (Fsp3) is 1.00. The predicted molar refractivity (Wildman–Crippen MR) is 47.1 cm³/mol. The van der Waals surface area contributed by atoms with Gasteiger partial charge in [0.25, 0.3) is 7.82 Å². The average Bonchev–Trinajstić information content (AvgIpc) is 2.02. The van der Waals surface area contributed by atoms with Gasteiger partial charge in [-0.05, 0) is 5.92 Å². The van der Waals surface area contributed by atoms with Gasteiger partial charge in [0.15, 0.2) is 0 Å². The van der Waals surface area contributed by atoms with E-state index < -0.39 is 7.82 Å². The summed E-state index contributed by atoms with van der Waals surface area (Å²) in [5.41, 5.74) is 0. The smallest absolute Gasteiger partial charge is 0.268 e. The highest BCUT2D eigenvalue weighted by molar-refractivity contribution is 7.45. The van der Waals surface area contributed by atoms with Crippen LogP contribution in [-0.4, -0.2) is 26.8 Å². The topological polar surface area (TPSA) is 75.2 Å². The van der Waals surface area contributed by atoms with Gasteiger partial charge < -0.3 is 19.3 Å². The Morgan fingerprint density at radius 1 is 1.46 bits per heavy atom. The summed E-state index contributed by atoms with van der Waals surface area (Å²) in [6.45, 7) is 4.70. The molecular weight excluding hydrogens is 193 g/mol. The van der Waals surface area contributed by atoms with Crippen molar-refractivity contribution >= 4 is 7.82 Å². The van der Waals surface area contributed by atoms with Crippen molar-refractivity contribution in [2.75, 3.05) is 26.8 Å². The zero-order valence-electron chi connectivity index (χ0n) is 8.36. The minimum Gasteiger partial charge on any atom is -0.756 e. The minimum absolute atomic E-state index is 0.162. The van der Waals surface area contributed by atoms with Crippen LogP contribution in [0.15, 0.2) is 0 Å². The molecule has 0 heterocycles. The average molecular weight is 211 g/mol. The minimum atomic E-state index is -4.05. The zero-order chi connectivity index (χ0) is 10.3. The van der Waals surface area contributed by atoms with Gasteiger partial charge >= 0.3 is 0 Å². The molecule has 0 bridgehead atoms. The third kappa shape index (κ3) is 8.40. The first-order valence-corrected chi connectivity index (χ1v) is 5.82. The van der Waals surface area contributed by atoms with Crippen molar-refractivity contribution in [2.24, 2.45) is 5.92 Å². The van der Waals surface area contributed by atoms with Gasteiger partial charge in [0, 0.05) is 0 Å². The standard InChI is InChI=1S/C7H18NO4P/c1-7(2)6-12-13(9,10)11-5-4-8-3/h7-8H,4-6H2,1-3H3,(H,9,10). The number of nitrogens with two attached hydrogens (primary N) is 1. The summed E-state index contributed by atoms with van der Waals surface area (Å²) in [4.78, 5) is 11.0. The van der Waals surface area contributed by atoms with E-state index in [0.717, 1.165) is 0 Å². The van der Waals surface area contributed by atoms with E-state index in [-0.39, 0.29) is 19.1 Å². The van der Waals surface area contributed by atoms with Crippen LogP contribution < -0.4 is 10.2 Å². The molecule has 0 aliphatic carbocycles. The number of phosphoric acid groups is 1. The van der Waals surface area contributed by atoms with Crippen LogP contribution in [0.4, 0.5) is 0 Å². The van der Waals surface area contributed by atoms with Gasteiger partial charge in [0.05, 0.1) is 20.2 Å². The molecule has 5 nitrogen and oxygen atoms in total. The van der Waals surface area contributed by atoms with Gasteiger partial charge in [-0.2, -0.15) is 0 Å². The van der Waals surface area contributed by atoms with Crippen molar-refractivity contribution in [3.63, 3.8) is 0 Å². The van der Waals surface area contributed by atoms with Crippen molar-refractivity contribution in [2.45, 2.75) is 13.8 Å². The molecule has 0 spiro atoms. The molecule has 0 saturated heterocycles. The van der Waals surface area contributed by atoms with Crippen molar-refractivity contribution in [3.8, 4) is 0 Å². The number of rotatable bonds is 7. The second kappa shape index (κ2) is 6.51. The fourth-order valence-electron chi connectivity index (χ4n) is 0.560. The second-order valence-electron chi connectivity index (χ2n) is 3.17. The maximum Gasteiger partial charge on any atom is 0.268 e. The molecule has 0 aromatic carbocycles. The maximum atomic E-state index is 11.0. The molecule has 1 unspecified atom stereocenters. The lowest BCUT2D eigenvalue weighted by molar-refractivity contribution is -0.627. The largest absolute Gasteiger partial charge is 0.756 e. The van der Waals surface area contributed by atoms with Gasteiger partial charge in [0.2, 0.25) is 0 Å². The summed E-state index contributed by atoms with van der Waals surface area (Å²) >= 11 is 0. The van der Waals surface area contributed by atoms with Crippen LogP contribution in [0.3, 0.4) is 0 Å². The van der Waals surface area contributed by atoms with Gasteiger partial charge in [0.1, 0.15) is 6.61 Å². The number of quaternary nitrogens is 1. The molecule has 0 rings (SSSR count). The Bertz CT molecular complexity index is 174. The van der Waals surface area contributed by atoms with Crippen molar-refractivity contribution in [1.29, 1.82) is 0 Å². The highest BCUT2D eigenvalue weighted by Gasteiger charge is 2.09. The summed E-state index contributed by atoms with van der Waals surface area (Å²) in [5.74, 6) is 0.184. The molecule has 0 fully saturated rings. The predicted octanol–water partition coefficient (Wildman–Crippen LogP) is -0.663. The molecule has 0 amide bonds. The van der Waals surface area contributed by atoms with E-state index in [9.17, 15) is 9.46 Å². The van der Waals surface area contributed by atoms with Crippen LogP contribution in [0, 0.1) is 5.92 Å².